The second kappa shape index (κ2) is 5.99. The minimum atomic E-state index is -4.08. The lowest BCUT2D eigenvalue weighted by molar-refractivity contribution is 0.534. The van der Waals surface area contributed by atoms with Gasteiger partial charge in [-0.15, -0.1) is 0 Å². The molecule has 1 aromatic heterocycles. The fourth-order valence-electron chi connectivity index (χ4n) is 2.01. The molecule has 118 valence electrons. The molecule has 0 aliphatic carbocycles. The molecule has 0 spiro atoms. The number of anilines is 1. The molecule has 0 bridgehead atoms. The van der Waals surface area contributed by atoms with Crippen LogP contribution in [0, 0.1) is 0 Å². The van der Waals surface area contributed by atoms with Crippen LogP contribution in [-0.2, 0) is 10.0 Å². The number of sulfonamides is 1. The summed E-state index contributed by atoms with van der Waals surface area (Å²) in [5.74, 6) is 0. The minimum absolute atomic E-state index is 0.154. The molecule has 23 heavy (non-hydrogen) atoms. The summed E-state index contributed by atoms with van der Waals surface area (Å²) in [4.78, 5) is 11.5. The van der Waals surface area contributed by atoms with Crippen molar-refractivity contribution >= 4 is 54.2 Å². The number of para-hydroxylation sites is 1. The maximum Gasteiger partial charge on any atom is 0.357 e. The Bertz CT molecular complexity index is 1050. The van der Waals surface area contributed by atoms with Crippen molar-refractivity contribution in [2.24, 2.45) is 0 Å². The third-order valence-corrected chi connectivity index (χ3v) is 5.26. The van der Waals surface area contributed by atoms with Crippen LogP contribution in [0.15, 0.2) is 67.1 Å². The van der Waals surface area contributed by atoms with E-state index in [4.69, 9.17) is 16.0 Å². The zero-order valence-corrected chi connectivity index (χ0v) is 14.6. The summed E-state index contributed by atoms with van der Waals surface area (Å²) < 4.78 is 33.0. The zero-order chi connectivity index (χ0) is 16.6. The van der Waals surface area contributed by atoms with Crippen molar-refractivity contribution in [1.29, 1.82) is 0 Å². The Morgan fingerprint density at radius 2 is 1.78 bits per heavy atom. The summed E-state index contributed by atoms with van der Waals surface area (Å²) in [7, 11) is -4.08. The summed E-state index contributed by atoms with van der Waals surface area (Å²) in [6.45, 7) is 0. The number of halogens is 2. The van der Waals surface area contributed by atoms with Gasteiger partial charge < -0.3 is 4.42 Å². The van der Waals surface area contributed by atoms with Crippen LogP contribution in [0.5, 0.6) is 0 Å². The van der Waals surface area contributed by atoms with Gasteiger partial charge >= 0.3 is 5.63 Å². The van der Waals surface area contributed by atoms with E-state index < -0.39 is 20.5 Å². The zero-order valence-electron chi connectivity index (χ0n) is 11.4. The number of fused-ring (bicyclic) bond motifs is 1. The maximum absolute atomic E-state index is 12.4. The van der Waals surface area contributed by atoms with E-state index in [1.54, 1.807) is 42.5 Å². The van der Waals surface area contributed by atoms with E-state index >= 15 is 0 Å². The standard InChI is InChI=1S/C15H9BrClNO4S/c16-10-4-6-11(7-5-10)18-23(20,21)13-8-9-2-1-3-12(17)14(9)22-15(13)19/h1-8,18H. The summed E-state index contributed by atoms with van der Waals surface area (Å²) in [5.41, 5.74) is -0.490. The Morgan fingerprint density at radius 3 is 2.48 bits per heavy atom. The highest BCUT2D eigenvalue weighted by atomic mass is 79.9. The van der Waals surface area contributed by atoms with Crippen molar-refractivity contribution in [3.8, 4) is 0 Å². The SMILES string of the molecule is O=c1oc2c(Cl)cccc2cc1S(=O)(=O)Nc1ccc(Br)cc1. The number of hydrogen-bond donors (Lipinski definition) is 1. The number of benzene rings is 2. The third-order valence-electron chi connectivity index (χ3n) is 3.07. The quantitative estimate of drug-likeness (QED) is 0.657. The minimum Gasteiger partial charge on any atom is -0.420 e. The Balaban J connectivity index is 2.09. The monoisotopic (exact) mass is 413 g/mol. The number of hydrogen-bond acceptors (Lipinski definition) is 4. The first-order valence-electron chi connectivity index (χ1n) is 6.37. The van der Waals surface area contributed by atoms with E-state index in [1.165, 1.54) is 6.07 Å². The number of nitrogens with one attached hydrogen (secondary N) is 1. The van der Waals surface area contributed by atoms with Crippen LogP contribution in [0.3, 0.4) is 0 Å². The lowest BCUT2D eigenvalue weighted by Crippen LogP contribution is -2.20. The molecule has 1 heterocycles. The Kier molecular flexibility index (Phi) is 4.18. The number of rotatable bonds is 3. The van der Waals surface area contributed by atoms with Crippen LogP contribution in [0.4, 0.5) is 5.69 Å². The second-order valence-electron chi connectivity index (χ2n) is 4.67. The van der Waals surface area contributed by atoms with Gasteiger partial charge in [-0.05, 0) is 36.4 Å². The molecule has 8 heteroatoms. The summed E-state index contributed by atoms with van der Waals surface area (Å²) in [6, 6.07) is 12.6. The van der Waals surface area contributed by atoms with E-state index in [-0.39, 0.29) is 10.6 Å². The first-order valence-corrected chi connectivity index (χ1v) is 9.03. The van der Waals surface area contributed by atoms with Gasteiger partial charge in [-0.1, -0.05) is 39.7 Å². The molecule has 3 aromatic rings. The Morgan fingerprint density at radius 1 is 1.09 bits per heavy atom. The molecule has 0 aliphatic rings. The summed E-state index contributed by atoms with van der Waals surface area (Å²) in [6.07, 6.45) is 0. The Labute approximate surface area is 145 Å². The fourth-order valence-corrected chi connectivity index (χ4v) is 3.59. The van der Waals surface area contributed by atoms with Crippen LogP contribution in [0.2, 0.25) is 5.02 Å². The fraction of sp³-hybridized carbons (Fsp3) is 0. The highest BCUT2D eigenvalue weighted by Crippen LogP contribution is 2.24. The van der Waals surface area contributed by atoms with Crippen molar-refractivity contribution < 1.29 is 12.8 Å². The van der Waals surface area contributed by atoms with Crippen molar-refractivity contribution in [1.82, 2.24) is 0 Å². The normalized spacial score (nSPS) is 11.6. The van der Waals surface area contributed by atoms with Crippen LogP contribution >= 0.6 is 27.5 Å². The topological polar surface area (TPSA) is 76.4 Å². The van der Waals surface area contributed by atoms with E-state index in [0.29, 0.717) is 11.1 Å². The van der Waals surface area contributed by atoms with Crippen molar-refractivity contribution in [3.63, 3.8) is 0 Å². The maximum atomic E-state index is 12.4. The molecular weight excluding hydrogens is 406 g/mol. The molecule has 1 N–H and O–H groups in total. The predicted molar refractivity (Wildman–Crippen MR) is 92.4 cm³/mol. The lowest BCUT2D eigenvalue weighted by atomic mass is 10.2. The van der Waals surface area contributed by atoms with Gasteiger partial charge in [0, 0.05) is 15.5 Å². The van der Waals surface area contributed by atoms with Crippen molar-refractivity contribution in [3.05, 3.63) is 68.4 Å². The average molecular weight is 415 g/mol. The van der Waals surface area contributed by atoms with Gasteiger partial charge in [0.1, 0.15) is 0 Å². The first-order chi connectivity index (χ1) is 10.9. The van der Waals surface area contributed by atoms with Gasteiger partial charge in [0.05, 0.1) is 5.02 Å². The van der Waals surface area contributed by atoms with Gasteiger partial charge in [0.15, 0.2) is 10.5 Å². The predicted octanol–water partition coefficient (Wildman–Crippen LogP) is 4.01. The van der Waals surface area contributed by atoms with Crippen molar-refractivity contribution in [2.75, 3.05) is 4.72 Å². The molecule has 5 nitrogen and oxygen atoms in total. The summed E-state index contributed by atoms with van der Waals surface area (Å²) in [5, 5.41) is 0.665. The molecule has 0 amide bonds. The largest absolute Gasteiger partial charge is 0.420 e. The van der Waals surface area contributed by atoms with E-state index in [9.17, 15) is 13.2 Å². The van der Waals surface area contributed by atoms with Gasteiger partial charge in [0.25, 0.3) is 10.0 Å². The first kappa shape index (κ1) is 16.0. The molecule has 0 aliphatic heterocycles. The molecule has 2 aromatic carbocycles. The van der Waals surface area contributed by atoms with Gasteiger partial charge in [-0.25, -0.2) is 13.2 Å². The van der Waals surface area contributed by atoms with Gasteiger partial charge in [-0.2, -0.15) is 0 Å². The van der Waals surface area contributed by atoms with Gasteiger partial charge in [-0.3, -0.25) is 4.72 Å². The molecule has 0 saturated heterocycles. The van der Waals surface area contributed by atoms with Crippen molar-refractivity contribution in [2.45, 2.75) is 4.90 Å². The second-order valence-corrected chi connectivity index (χ2v) is 7.64. The van der Waals surface area contributed by atoms with Crippen LogP contribution in [0.25, 0.3) is 11.0 Å². The highest BCUT2D eigenvalue weighted by molar-refractivity contribution is 9.10. The smallest absolute Gasteiger partial charge is 0.357 e. The van der Waals surface area contributed by atoms with E-state index in [0.717, 1.165) is 4.47 Å². The van der Waals surface area contributed by atoms with Crippen LogP contribution in [-0.4, -0.2) is 8.42 Å². The molecule has 0 fully saturated rings. The van der Waals surface area contributed by atoms with Crippen LogP contribution in [0.1, 0.15) is 0 Å². The molecule has 0 unspecified atom stereocenters. The Hall–Kier alpha value is -1.83. The van der Waals surface area contributed by atoms with E-state index in [1.807, 2.05) is 0 Å². The molecule has 3 rings (SSSR count). The molecule has 0 saturated carbocycles. The lowest BCUT2D eigenvalue weighted by Gasteiger charge is -2.08. The van der Waals surface area contributed by atoms with E-state index in [2.05, 4.69) is 20.7 Å². The highest BCUT2D eigenvalue weighted by Gasteiger charge is 2.21. The average Bonchev–Trinajstić information content (AvgIpc) is 2.50. The summed E-state index contributed by atoms with van der Waals surface area (Å²) >= 11 is 9.20. The molecular formula is C15H9BrClNO4S. The van der Waals surface area contributed by atoms with Crippen LogP contribution < -0.4 is 10.3 Å². The third kappa shape index (κ3) is 3.26. The molecule has 0 atom stereocenters. The van der Waals surface area contributed by atoms with Gasteiger partial charge in [0.2, 0.25) is 0 Å². The molecule has 0 radical (unpaired) electrons.